The van der Waals surface area contributed by atoms with E-state index in [4.69, 9.17) is 4.42 Å². The van der Waals surface area contributed by atoms with Gasteiger partial charge in [-0.2, -0.15) is 0 Å². The maximum Gasteiger partial charge on any atom is 0.226 e. The van der Waals surface area contributed by atoms with Crippen molar-refractivity contribution >= 4 is 11.9 Å². The van der Waals surface area contributed by atoms with Crippen LogP contribution in [-0.4, -0.2) is 54.5 Å². The summed E-state index contributed by atoms with van der Waals surface area (Å²) >= 11 is 0. The number of likely N-dealkylation sites (tertiary alicyclic amines) is 1. The highest BCUT2D eigenvalue weighted by Crippen LogP contribution is 2.19. The quantitative estimate of drug-likeness (QED) is 0.386. The minimum atomic E-state index is 0.275. The van der Waals surface area contributed by atoms with E-state index in [-0.39, 0.29) is 5.91 Å². The van der Waals surface area contributed by atoms with E-state index in [2.05, 4.69) is 39.7 Å². The number of aryl methyl sites for hydroxylation is 1. The first-order valence-electron chi connectivity index (χ1n) is 10.5. The summed E-state index contributed by atoms with van der Waals surface area (Å²) in [6.45, 7) is 8.01. The fourth-order valence-electron chi connectivity index (χ4n) is 3.29. The van der Waals surface area contributed by atoms with Gasteiger partial charge in [0.15, 0.2) is 5.96 Å². The van der Waals surface area contributed by atoms with E-state index in [1.165, 1.54) is 5.56 Å². The minimum Gasteiger partial charge on any atom is -0.444 e. The smallest absolute Gasteiger partial charge is 0.226 e. The molecule has 0 aliphatic carbocycles. The van der Waals surface area contributed by atoms with Gasteiger partial charge in [0.25, 0.3) is 0 Å². The van der Waals surface area contributed by atoms with Crippen LogP contribution >= 0.6 is 0 Å². The number of guanidine groups is 1. The summed E-state index contributed by atoms with van der Waals surface area (Å²) in [6, 6.07) is 8.16. The van der Waals surface area contributed by atoms with Gasteiger partial charge in [-0.25, -0.2) is 4.98 Å². The van der Waals surface area contributed by atoms with Crippen LogP contribution in [0.25, 0.3) is 11.5 Å². The predicted molar refractivity (Wildman–Crippen MR) is 115 cm³/mol. The molecule has 3 rings (SSSR count). The maximum atomic E-state index is 11.6. The van der Waals surface area contributed by atoms with Gasteiger partial charge in [0.05, 0.1) is 5.69 Å². The predicted octanol–water partition coefficient (Wildman–Crippen LogP) is 2.76. The van der Waals surface area contributed by atoms with Crippen molar-refractivity contribution in [3.8, 4) is 11.5 Å². The zero-order valence-electron chi connectivity index (χ0n) is 17.4. The molecule has 29 heavy (non-hydrogen) atoms. The van der Waals surface area contributed by atoms with Gasteiger partial charge in [0, 0.05) is 51.1 Å². The van der Waals surface area contributed by atoms with Crippen molar-refractivity contribution in [2.45, 2.75) is 39.5 Å². The third-order valence-corrected chi connectivity index (χ3v) is 4.90. The van der Waals surface area contributed by atoms with E-state index >= 15 is 0 Å². The van der Waals surface area contributed by atoms with Crippen LogP contribution in [0, 0.1) is 6.92 Å². The third-order valence-electron chi connectivity index (χ3n) is 4.90. The topological polar surface area (TPSA) is 82.8 Å². The Balaban J connectivity index is 1.43. The Morgan fingerprint density at radius 1 is 1.28 bits per heavy atom. The van der Waals surface area contributed by atoms with E-state index in [0.29, 0.717) is 18.9 Å². The molecule has 0 bridgehead atoms. The van der Waals surface area contributed by atoms with Crippen LogP contribution in [0.2, 0.25) is 0 Å². The number of hydrogen-bond acceptors (Lipinski definition) is 4. The number of hydrogen-bond donors (Lipinski definition) is 2. The van der Waals surface area contributed by atoms with Crippen molar-refractivity contribution in [1.29, 1.82) is 0 Å². The fraction of sp³-hybridized carbons (Fsp3) is 0.500. The van der Waals surface area contributed by atoms with Crippen molar-refractivity contribution in [2.24, 2.45) is 4.99 Å². The molecule has 2 aromatic rings. The van der Waals surface area contributed by atoms with Crippen LogP contribution in [0.4, 0.5) is 0 Å². The number of benzene rings is 1. The third kappa shape index (κ3) is 6.34. The fourth-order valence-corrected chi connectivity index (χ4v) is 3.29. The normalized spacial score (nSPS) is 14.5. The molecule has 2 N–H and O–H groups in total. The van der Waals surface area contributed by atoms with E-state index in [0.717, 1.165) is 62.7 Å². The summed E-state index contributed by atoms with van der Waals surface area (Å²) in [4.78, 5) is 22.8. The summed E-state index contributed by atoms with van der Waals surface area (Å²) in [5.41, 5.74) is 3.12. The number of carbonyl (C=O) groups excluding carboxylic acids is 1. The van der Waals surface area contributed by atoms with Crippen LogP contribution < -0.4 is 10.6 Å². The second-order valence-electron chi connectivity index (χ2n) is 7.29. The highest BCUT2D eigenvalue weighted by Gasteiger charge is 2.18. The van der Waals surface area contributed by atoms with Gasteiger partial charge in [-0.3, -0.25) is 9.79 Å². The molecule has 7 nitrogen and oxygen atoms in total. The molecule has 7 heteroatoms. The zero-order valence-corrected chi connectivity index (χ0v) is 17.4. The number of nitrogens with zero attached hydrogens (tertiary/aromatic N) is 3. The molecule has 1 fully saturated rings. The van der Waals surface area contributed by atoms with Gasteiger partial charge in [0.2, 0.25) is 11.8 Å². The largest absolute Gasteiger partial charge is 0.444 e. The Hall–Kier alpha value is -2.83. The maximum absolute atomic E-state index is 11.6. The summed E-state index contributed by atoms with van der Waals surface area (Å²) in [5.74, 6) is 1.72. The molecule has 1 saturated heterocycles. The number of oxazole rings is 1. The lowest BCUT2D eigenvalue weighted by Crippen LogP contribution is -2.38. The van der Waals surface area contributed by atoms with Gasteiger partial charge in [0.1, 0.15) is 6.26 Å². The lowest BCUT2D eigenvalue weighted by molar-refractivity contribution is -0.127. The molecule has 0 saturated carbocycles. The molecule has 1 aromatic heterocycles. The minimum absolute atomic E-state index is 0.275. The van der Waals surface area contributed by atoms with Crippen LogP contribution in [0.3, 0.4) is 0 Å². The second-order valence-corrected chi connectivity index (χ2v) is 7.29. The van der Waals surface area contributed by atoms with Crippen LogP contribution in [0.5, 0.6) is 0 Å². The summed E-state index contributed by atoms with van der Waals surface area (Å²) in [7, 11) is 0. The molecule has 0 unspecified atom stereocenters. The summed E-state index contributed by atoms with van der Waals surface area (Å²) in [6.07, 6.45) is 5.03. The Morgan fingerprint density at radius 3 is 2.83 bits per heavy atom. The average Bonchev–Trinajstić information content (AvgIpc) is 3.35. The number of nitrogens with one attached hydrogen (secondary N) is 2. The standard InChI is InChI=1S/C22H31N5O2/c1-3-23-22(24-12-5-15-27-14-4-6-20(27)28)25-13-11-19-16-29-21(26-19)18-9-7-17(2)8-10-18/h7-10,16H,3-6,11-15H2,1-2H3,(H2,23,24,25). The second kappa shape index (κ2) is 10.6. The molecule has 1 aromatic carbocycles. The Morgan fingerprint density at radius 2 is 2.10 bits per heavy atom. The lowest BCUT2D eigenvalue weighted by Gasteiger charge is -2.15. The Bertz CT molecular complexity index is 813. The van der Waals surface area contributed by atoms with Crippen molar-refractivity contribution in [3.63, 3.8) is 0 Å². The zero-order chi connectivity index (χ0) is 20.5. The van der Waals surface area contributed by atoms with Crippen molar-refractivity contribution in [3.05, 3.63) is 41.8 Å². The molecule has 0 atom stereocenters. The highest BCUT2D eigenvalue weighted by molar-refractivity contribution is 5.79. The first-order valence-corrected chi connectivity index (χ1v) is 10.5. The Kier molecular flexibility index (Phi) is 7.67. The van der Waals surface area contributed by atoms with Crippen LogP contribution in [-0.2, 0) is 11.2 Å². The molecule has 1 aliphatic rings. The molecule has 0 spiro atoms. The van der Waals surface area contributed by atoms with E-state index in [1.807, 2.05) is 24.0 Å². The molecule has 156 valence electrons. The van der Waals surface area contributed by atoms with Gasteiger partial charge < -0.3 is 20.0 Å². The highest BCUT2D eigenvalue weighted by atomic mass is 16.3. The molecular weight excluding hydrogens is 366 g/mol. The van der Waals surface area contributed by atoms with E-state index < -0.39 is 0 Å². The Labute approximate surface area is 172 Å². The van der Waals surface area contributed by atoms with Gasteiger partial charge >= 0.3 is 0 Å². The molecule has 2 heterocycles. The van der Waals surface area contributed by atoms with Crippen molar-refractivity contribution in [1.82, 2.24) is 20.5 Å². The molecule has 0 radical (unpaired) electrons. The van der Waals surface area contributed by atoms with Gasteiger partial charge in [-0.15, -0.1) is 0 Å². The average molecular weight is 398 g/mol. The van der Waals surface area contributed by atoms with Crippen LogP contribution in [0.1, 0.15) is 37.4 Å². The van der Waals surface area contributed by atoms with E-state index in [1.54, 1.807) is 6.26 Å². The molecular formula is C22H31N5O2. The first-order chi connectivity index (χ1) is 14.2. The van der Waals surface area contributed by atoms with Gasteiger partial charge in [-0.1, -0.05) is 17.7 Å². The molecule has 1 amide bonds. The monoisotopic (exact) mass is 397 g/mol. The van der Waals surface area contributed by atoms with Crippen molar-refractivity contribution < 1.29 is 9.21 Å². The molecule has 1 aliphatic heterocycles. The number of aliphatic imine (C=N–C) groups is 1. The number of amides is 1. The van der Waals surface area contributed by atoms with Gasteiger partial charge in [-0.05, 0) is 38.8 Å². The number of rotatable bonds is 9. The lowest BCUT2D eigenvalue weighted by atomic mass is 10.1. The first kappa shape index (κ1) is 20.9. The van der Waals surface area contributed by atoms with Crippen LogP contribution in [0.15, 0.2) is 39.9 Å². The SMILES string of the molecule is CCNC(=NCCCN1CCCC1=O)NCCc1coc(-c2ccc(C)cc2)n1. The number of aromatic nitrogens is 1. The number of carbonyl (C=O) groups is 1. The summed E-state index contributed by atoms with van der Waals surface area (Å²) < 4.78 is 5.62. The van der Waals surface area contributed by atoms with Crippen molar-refractivity contribution in [2.75, 3.05) is 32.7 Å². The van der Waals surface area contributed by atoms with E-state index in [9.17, 15) is 4.79 Å². The summed E-state index contributed by atoms with van der Waals surface area (Å²) in [5, 5.41) is 6.60.